The normalized spacial score (nSPS) is 19.7. The molecule has 1 fully saturated rings. The van der Waals surface area contributed by atoms with Crippen molar-refractivity contribution in [2.24, 2.45) is 5.41 Å². The standard InChI is InChI=1S/C18H23N3O4/c1-18(2)7-3-9-25-14(18)6-8-19-15(22)11-4-5-12-13(10-11)17(24)21-20-16(12)23/h4-5,10,14H,3,6-9H2,1-2H3,(H,19,22)(H,20,23)(H,21,24). The Balaban J connectivity index is 1.67. The van der Waals surface area contributed by atoms with Crippen molar-refractivity contribution in [3.8, 4) is 0 Å². The quantitative estimate of drug-likeness (QED) is 0.782. The van der Waals surface area contributed by atoms with Crippen LogP contribution in [-0.4, -0.2) is 35.4 Å². The van der Waals surface area contributed by atoms with E-state index in [-0.39, 0.29) is 28.2 Å². The summed E-state index contributed by atoms with van der Waals surface area (Å²) in [4.78, 5) is 35.8. The molecule has 3 N–H and O–H groups in total. The van der Waals surface area contributed by atoms with Gasteiger partial charge in [-0.25, -0.2) is 0 Å². The number of carbonyl (C=O) groups excluding carboxylic acids is 1. The number of aromatic nitrogens is 2. The van der Waals surface area contributed by atoms with Crippen LogP contribution in [-0.2, 0) is 4.74 Å². The van der Waals surface area contributed by atoms with Gasteiger partial charge in [-0.2, -0.15) is 0 Å². The zero-order valence-corrected chi connectivity index (χ0v) is 14.5. The third kappa shape index (κ3) is 3.66. The molecule has 7 nitrogen and oxygen atoms in total. The minimum atomic E-state index is -0.429. The van der Waals surface area contributed by atoms with Gasteiger partial charge in [0.2, 0.25) is 0 Å². The highest BCUT2D eigenvalue weighted by molar-refractivity contribution is 5.98. The number of hydrogen-bond donors (Lipinski definition) is 3. The fourth-order valence-corrected chi connectivity index (χ4v) is 3.35. The summed E-state index contributed by atoms with van der Waals surface area (Å²) in [6.07, 6.45) is 3.06. The van der Waals surface area contributed by atoms with Gasteiger partial charge in [0.25, 0.3) is 17.0 Å². The summed E-state index contributed by atoms with van der Waals surface area (Å²) in [7, 11) is 0. The lowest BCUT2D eigenvalue weighted by molar-refractivity contribution is -0.0703. The Hall–Kier alpha value is -2.41. The first-order valence-corrected chi connectivity index (χ1v) is 8.53. The van der Waals surface area contributed by atoms with Gasteiger partial charge in [0, 0.05) is 18.7 Å². The van der Waals surface area contributed by atoms with Gasteiger partial charge in [-0.05, 0) is 42.9 Å². The fraction of sp³-hybridized carbons (Fsp3) is 0.500. The molecule has 1 saturated heterocycles. The van der Waals surface area contributed by atoms with Gasteiger partial charge in [0.05, 0.1) is 16.9 Å². The van der Waals surface area contributed by atoms with E-state index in [0.717, 1.165) is 25.9 Å². The smallest absolute Gasteiger partial charge is 0.270 e. The average Bonchev–Trinajstić information content (AvgIpc) is 2.59. The van der Waals surface area contributed by atoms with Crippen LogP contribution < -0.4 is 16.4 Å². The molecule has 1 aromatic heterocycles. The molecule has 1 atom stereocenters. The van der Waals surface area contributed by atoms with E-state index in [0.29, 0.717) is 12.1 Å². The Kier molecular flexibility index (Phi) is 4.76. The van der Waals surface area contributed by atoms with Crippen LogP contribution in [0.1, 0.15) is 43.5 Å². The summed E-state index contributed by atoms with van der Waals surface area (Å²) in [5.41, 5.74) is -0.354. The van der Waals surface area contributed by atoms with Crippen LogP contribution in [0.15, 0.2) is 27.8 Å². The summed E-state index contributed by atoms with van der Waals surface area (Å²) in [6.45, 7) is 5.64. The third-order valence-electron chi connectivity index (χ3n) is 4.91. The number of fused-ring (bicyclic) bond motifs is 1. The van der Waals surface area contributed by atoms with E-state index in [4.69, 9.17) is 4.74 Å². The largest absolute Gasteiger partial charge is 0.378 e. The molecular formula is C18H23N3O4. The number of rotatable bonds is 4. The molecule has 1 unspecified atom stereocenters. The van der Waals surface area contributed by atoms with E-state index in [1.807, 2.05) is 0 Å². The number of nitrogens with one attached hydrogen (secondary N) is 3. The summed E-state index contributed by atoms with van der Waals surface area (Å²) in [5, 5.41) is 7.85. The zero-order chi connectivity index (χ0) is 18.0. The van der Waals surface area contributed by atoms with Crippen molar-refractivity contribution in [2.45, 2.75) is 39.2 Å². The molecule has 2 aromatic rings. The topological polar surface area (TPSA) is 104 Å². The first kappa shape index (κ1) is 17.4. The minimum absolute atomic E-state index is 0.111. The highest BCUT2D eigenvalue weighted by Gasteiger charge is 2.32. The molecule has 3 rings (SSSR count). The van der Waals surface area contributed by atoms with Gasteiger partial charge in [-0.3, -0.25) is 24.6 Å². The maximum atomic E-state index is 12.3. The lowest BCUT2D eigenvalue weighted by Crippen LogP contribution is -2.39. The summed E-state index contributed by atoms with van der Waals surface area (Å²) in [5.74, 6) is -0.268. The lowest BCUT2D eigenvalue weighted by atomic mass is 9.79. The first-order valence-electron chi connectivity index (χ1n) is 8.53. The van der Waals surface area contributed by atoms with E-state index in [1.54, 1.807) is 6.07 Å². The molecule has 134 valence electrons. The average molecular weight is 345 g/mol. The first-order chi connectivity index (χ1) is 11.9. The van der Waals surface area contributed by atoms with Crippen molar-refractivity contribution >= 4 is 16.7 Å². The second kappa shape index (κ2) is 6.84. The molecule has 1 aliphatic heterocycles. The maximum Gasteiger partial charge on any atom is 0.270 e. The van der Waals surface area contributed by atoms with E-state index in [9.17, 15) is 14.4 Å². The molecule has 0 spiro atoms. The van der Waals surface area contributed by atoms with E-state index in [1.165, 1.54) is 12.1 Å². The maximum absolute atomic E-state index is 12.3. The van der Waals surface area contributed by atoms with Crippen LogP contribution in [0.25, 0.3) is 10.8 Å². The SMILES string of the molecule is CC1(C)CCCOC1CCNC(=O)c1ccc2c(=O)[nH][nH]c(=O)c2c1. The van der Waals surface area contributed by atoms with Gasteiger partial charge in [0.15, 0.2) is 0 Å². The number of benzene rings is 1. The Labute approximate surface area is 144 Å². The van der Waals surface area contributed by atoms with Gasteiger partial charge in [-0.15, -0.1) is 0 Å². The molecule has 1 aliphatic rings. The zero-order valence-electron chi connectivity index (χ0n) is 14.5. The summed E-state index contributed by atoms with van der Waals surface area (Å²) < 4.78 is 5.83. The molecule has 0 aliphatic carbocycles. The van der Waals surface area contributed by atoms with Crippen LogP contribution in [0, 0.1) is 5.41 Å². The predicted molar refractivity (Wildman–Crippen MR) is 94.9 cm³/mol. The van der Waals surface area contributed by atoms with Crippen molar-refractivity contribution in [1.29, 1.82) is 0 Å². The number of amides is 1. The molecule has 0 saturated carbocycles. The number of hydrogen-bond acceptors (Lipinski definition) is 4. The molecule has 25 heavy (non-hydrogen) atoms. The van der Waals surface area contributed by atoms with Gasteiger partial charge >= 0.3 is 0 Å². The Morgan fingerprint density at radius 3 is 2.68 bits per heavy atom. The predicted octanol–water partition coefficient (Wildman–Crippen LogP) is 1.54. The van der Waals surface area contributed by atoms with Crippen molar-refractivity contribution in [3.05, 3.63) is 44.5 Å². The summed E-state index contributed by atoms with van der Waals surface area (Å²) in [6, 6.07) is 4.48. The van der Waals surface area contributed by atoms with Crippen molar-refractivity contribution in [3.63, 3.8) is 0 Å². The van der Waals surface area contributed by atoms with Crippen LogP contribution in [0.5, 0.6) is 0 Å². The second-order valence-electron chi connectivity index (χ2n) is 7.16. The van der Waals surface area contributed by atoms with E-state index in [2.05, 4.69) is 29.4 Å². The molecule has 2 heterocycles. The van der Waals surface area contributed by atoms with E-state index >= 15 is 0 Å². The van der Waals surface area contributed by atoms with Crippen LogP contribution in [0.3, 0.4) is 0 Å². The summed E-state index contributed by atoms with van der Waals surface area (Å²) >= 11 is 0. The molecule has 0 bridgehead atoms. The monoisotopic (exact) mass is 345 g/mol. The number of H-pyrrole nitrogens is 2. The molecule has 1 aromatic carbocycles. The number of aromatic amines is 2. The third-order valence-corrected chi connectivity index (χ3v) is 4.91. The Morgan fingerprint density at radius 2 is 1.96 bits per heavy atom. The van der Waals surface area contributed by atoms with Crippen LogP contribution in [0.2, 0.25) is 0 Å². The Bertz CT molecular complexity index is 897. The van der Waals surface area contributed by atoms with Crippen molar-refractivity contribution in [1.82, 2.24) is 15.5 Å². The molecule has 7 heteroatoms. The number of ether oxygens (including phenoxy) is 1. The van der Waals surface area contributed by atoms with Crippen molar-refractivity contribution < 1.29 is 9.53 Å². The highest BCUT2D eigenvalue weighted by atomic mass is 16.5. The molecule has 0 radical (unpaired) electrons. The van der Waals surface area contributed by atoms with Gasteiger partial charge in [-0.1, -0.05) is 13.8 Å². The van der Waals surface area contributed by atoms with Crippen molar-refractivity contribution in [2.75, 3.05) is 13.2 Å². The minimum Gasteiger partial charge on any atom is -0.378 e. The second-order valence-corrected chi connectivity index (χ2v) is 7.16. The lowest BCUT2D eigenvalue weighted by Gasteiger charge is -2.38. The van der Waals surface area contributed by atoms with Gasteiger partial charge in [0.1, 0.15) is 0 Å². The molecule has 1 amide bonds. The van der Waals surface area contributed by atoms with Crippen LogP contribution >= 0.6 is 0 Å². The number of carbonyl (C=O) groups is 1. The van der Waals surface area contributed by atoms with E-state index < -0.39 is 11.1 Å². The van der Waals surface area contributed by atoms with Crippen LogP contribution in [0.4, 0.5) is 0 Å². The highest BCUT2D eigenvalue weighted by Crippen LogP contribution is 2.34. The fourth-order valence-electron chi connectivity index (χ4n) is 3.35. The van der Waals surface area contributed by atoms with Gasteiger partial charge < -0.3 is 10.1 Å². The Morgan fingerprint density at radius 1 is 1.24 bits per heavy atom. The molecular weight excluding hydrogens is 322 g/mol.